The zero-order chi connectivity index (χ0) is 7.98. The molecular formula is C8H11NO. The summed E-state index contributed by atoms with van der Waals surface area (Å²) in [5.41, 5.74) is 0.623. The Balaban J connectivity index is 3.87. The van der Waals surface area contributed by atoms with Crippen LogP contribution in [-0.4, -0.2) is 13.3 Å². The van der Waals surface area contributed by atoms with Crippen molar-refractivity contribution in [1.82, 2.24) is 0 Å². The lowest BCUT2D eigenvalue weighted by Crippen LogP contribution is -1.78. The topological polar surface area (TPSA) is 33.1 Å². The Morgan fingerprint density at radius 3 is 2.40 bits per heavy atom. The molecule has 0 amide bonds. The third-order valence-corrected chi connectivity index (χ3v) is 0.931. The maximum absolute atomic E-state index is 6.76. The van der Waals surface area contributed by atoms with Crippen LogP contribution < -0.4 is 0 Å². The molecule has 0 heterocycles. The molecule has 0 aromatic rings. The van der Waals surface area contributed by atoms with E-state index >= 15 is 0 Å². The molecule has 0 radical (unpaired) electrons. The average Bonchev–Trinajstić information content (AvgIpc) is 1.99. The average molecular weight is 137 g/mol. The summed E-state index contributed by atoms with van der Waals surface area (Å²) in [7, 11) is 1.54. The van der Waals surface area contributed by atoms with Crippen LogP contribution in [0.5, 0.6) is 0 Å². The molecule has 0 aromatic heterocycles. The molecule has 0 saturated carbocycles. The summed E-state index contributed by atoms with van der Waals surface area (Å²) in [5.74, 6) is 0.558. The lowest BCUT2D eigenvalue weighted by molar-refractivity contribution is 0.309. The zero-order valence-corrected chi connectivity index (χ0v) is 6.05. The lowest BCUT2D eigenvalue weighted by Gasteiger charge is -1.94. The van der Waals surface area contributed by atoms with Crippen LogP contribution in [0.15, 0.2) is 36.6 Å². The molecule has 0 spiro atoms. The largest absolute Gasteiger partial charge is 0.497 e. The van der Waals surface area contributed by atoms with Gasteiger partial charge in [-0.05, 0) is 11.6 Å². The Kier molecular flexibility index (Phi) is 3.96. The molecule has 0 bridgehead atoms. The van der Waals surface area contributed by atoms with Crippen LogP contribution in [0.1, 0.15) is 0 Å². The molecule has 2 nitrogen and oxygen atoms in total. The van der Waals surface area contributed by atoms with Gasteiger partial charge in [0.25, 0.3) is 0 Å². The number of methoxy groups -OCH3 is 1. The highest BCUT2D eigenvalue weighted by Crippen LogP contribution is 1.95. The first-order valence-corrected chi connectivity index (χ1v) is 2.81. The van der Waals surface area contributed by atoms with Gasteiger partial charge in [0.15, 0.2) is 0 Å². The number of rotatable bonds is 4. The predicted octanol–water partition coefficient (Wildman–Crippen LogP) is 1.91. The van der Waals surface area contributed by atoms with Gasteiger partial charge in [-0.15, -0.1) is 0 Å². The van der Waals surface area contributed by atoms with Gasteiger partial charge in [-0.1, -0.05) is 19.2 Å². The van der Waals surface area contributed by atoms with Crippen LogP contribution in [0.25, 0.3) is 0 Å². The standard InChI is InChI=1S/C8H11NO/c1-7(6-9)4-5-8(2)10-3/h4-6,9H,1-2H2,3H3/b5-4-,9-6?. The van der Waals surface area contributed by atoms with Crippen molar-refractivity contribution in [3.8, 4) is 0 Å². The summed E-state index contributed by atoms with van der Waals surface area (Å²) in [5, 5.41) is 6.76. The fourth-order valence-corrected chi connectivity index (χ4v) is 0.316. The number of hydrogen-bond acceptors (Lipinski definition) is 2. The fourth-order valence-electron chi connectivity index (χ4n) is 0.316. The van der Waals surface area contributed by atoms with Crippen LogP contribution in [0, 0.1) is 5.41 Å². The van der Waals surface area contributed by atoms with Gasteiger partial charge in [-0.3, -0.25) is 0 Å². The van der Waals surface area contributed by atoms with E-state index in [0.29, 0.717) is 11.3 Å². The molecule has 0 aliphatic heterocycles. The fraction of sp³-hybridized carbons (Fsp3) is 0.125. The van der Waals surface area contributed by atoms with E-state index in [1.165, 1.54) is 6.21 Å². The van der Waals surface area contributed by atoms with Crippen LogP contribution in [0.2, 0.25) is 0 Å². The maximum Gasteiger partial charge on any atom is 0.111 e. The summed E-state index contributed by atoms with van der Waals surface area (Å²) in [6, 6.07) is 0. The van der Waals surface area contributed by atoms with E-state index in [4.69, 9.17) is 10.1 Å². The molecule has 54 valence electrons. The molecule has 0 saturated heterocycles. The number of hydrogen-bond donors (Lipinski definition) is 1. The highest BCUT2D eigenvalue weighted by Gasteiger charge is 1.81. The minimum atomic E-state index is 0.558. The quantitative estimate of drug-likeness (QED) is 0.358. The second kappa shape index (κ2) is 4.56. The molecular weight excluding hydrogens is 126 g/mol. The summed E-state index contributed by atoms with van der Waals surface area (Å²) in [4.78, 5) is 0. The maximum atomic E-state index is 6.76. The minimum Gasteiger partial charge on any atom is -0.497 e. The van der Waals surface area contributed by atoms with Gasteiger partial charge in [0.1, 0.15) is 5.76 Å². The van der Waals surface area contributed by atoms with Crippen LogP contribution in [-0.2, 0) is 4.74 Å². The van der Waals surface area contributed by atoms with E-state index in [9.17, 15) is 0 Å². The van der Waals surface area contributed by atoms with Crippen molar-refractivity contribution in [2.75, 3.05) is 7.11 Å². The molecule has 0 fully saturated rings. The molecule has 2 heteroatoms. The first kappa shape index (κ1) is 8.69. The van der Waals surface area contributed by atoms with Gasteiger partial charge in [-0.25, -0.2) is 0 Å². The Labute approximate surface area is 61.0 Å². The van der Waals surface area contributed by atoms with E-state index < -0.39 is 0 Å². The molecule has 0 rings (SSSR count). The summed E-state index contributed by atoms with van der Waals surface area (Å²) in [6.45, 7) is 7.11. The van der Waals surface area contributed by atoms with Crippen LogP contribution in [0.4, 0.5) is 0 Å². The van der Waals surface area contributed by atoms with Gasteiger partial charge in [0.2, 0.25) is 0 Å². The van der Waals surface area contributed by atoms with E-state index in [-0.39, 0.29) is 0 Å². The Morgan fingerprint density at radius 2 is 2.00 bits per heavy atom. The van der Waals surface area contributed by atoms with Crippen molar-refractivity contribution in [1.29, 1.82) is 5.41 Å². The first-order chi connectivity index (χ1) is 4.70. The van der Waals surface area contributed by atoms with Crippen LogP contribution >= 0.6 is 0 Å². The van der Waals surface area contributed by atoms with E-state index in [1.54, 1.807) is 19.3 Å². The van der Waals surface area contributed by atoms with Gasteiger partial charge < -0.3 is 10.1 Å². The Morgan fingerprint density at radius 1 is 1.40 bits per heavy atom. The molecule has 0 unspecified atom stereocenters. The molecule has 0 aliphatic carbocycles. The normalized spacial score (nSPS) is 9.30. The van der Waals surface area contributed by atoms with Crippen molar-refractivity contribution in [2.24, 2.45) is 0 Å². The zero-order valence-electron chi connectivity index (χ0n) is 6.05. The summed E-state index contributed by atoms with van der Waals surface area (Å²) >= 11 is 0. The van der Waals surface area contributed by atoms with Crippen molar-refractivity contribution >= 4 is 6.21 Å². The van der Waals surface area contributed by atoms with E-state index in [2.05, 4.69) is 13.2 Å². The SMILES string of the molecule is C=C(C=N)/C=C\C(=C)OC. The van der Waals surface area contributed by atoms with Crippen molar-refractivity contribution in [2.45, 2.75) is 0 Å². The van der Waals surface area contributed by atoms with Gasteiger partial charge in [-0.2, -0.15) is 0 Å². The van der Waals surface area contributed by atoms with Gasteiger partial charge in [0, 0.05) is 6.21 Å². The molecule has 0 aliphatic rings. The van der Waals surface area contributed by atoms with Crippen molar-refractivity contribution in [3.05, 3.63) is 36.6 Å². The van der Waals surface area contributed by atoms with Crippen LogP contribution in [0.3, 0.4) is 0 Å². The second-order valence-corrected chi connectivity index (χ2v) is 1.72. The highest BCUT2D eigenvalue weighted by molar-refractivity contribution is 5.78. The smallest absolute Gasteiger partial charge is 0.111 e. The van der Waals surface area contributed by atoms with E-state index in [0.717, 1.165) is 0 Å². The Hall–Kier alpha value is -1.31. The number of ether oxygens (including phenoxy) is 1. The predicted molar refractivity (Wildman–Crippen MR) is 43.2 cm³/mol. The highest BCUT2D eigenvalue weighted by atomic mass is 16.5. The monoisotopic (exact) mass is 137 g/mol. The van der Waals surface area contributed by atoms with Gasteiger partial charge >= 0.3 is 0 Å². The van der Waals surface area contributed by atoms with Gasteiger partial charge in [0.05, 0.1) is 7.11 Å². The van der Waals surface area contributed by atoms with Crippen molar-refractivity contribution in [3.63, 3.8) is 0 Å². The molecule has 1 N–H and O–H groups in total. The van der Waals surface area contributed by atoms with E-state index in [1.807, 2.05) is 0 Å². The number of nitrogens with one attached hydrogen (secondary N) is 1. The summed E-state index contributed by atoms with van der Waals surface area (Å²) in [6.07, 6.45) is 4.49. The second-order valence-electron chi connectivity index (χ2n) is 1.72. The Bertz CT molecular complexity index is 180. The lowest BCUT2D eigenvalue weighted by atomic mass is 10.3. The minimum absolute atomic E-state index is 0.558. The molecule has 0 aromatic carbocycles. The molecule has 0 atom stereocenters. The number of allylic oxidation sites excluding steroid dienone is 3. The van der Waals surface area contributed by atoms with Crippen molar-refractivity contribution < 1.29 is 4.74 Å². The summed E-state index contributed by atoms with van der Waals surface area (Å²) < 4.78 is 4.75. The first-order valence-electron chi connectivity index (χ1n) is 2.81. The third-order valence-electron chi connectivity index (χ3n) is 0.931. The third kappa shape index (κ3) is 3.66. The molecule has 10 heavy (non-hydrogen) atoms.